The first-order valence-corrected chi connectivity index (χ1v) is 8.78. The fourth-order valence-electron chi connectivity index (χ4n) is 4.05. The molecule has 6 nitrogen and oxygen atoms in total. The van der Waals surface area contributed by atoms with E-state index in [0.29, 0.717) is 38.6 Å². The fraction of sp³-hybridized carbons (Fsp3) is 0.882. The summed E-state index contributed by atoms with van der Waals surface area (Å²) in [6.07, 6.45) is 3.48. The third kappa shape index (κ3) is 3.79. The zero-order valence-corrected chi connectivity index (χ0v) is 14.5. The van der Waals surface area contributed by atoms with Crippen LogP contribution in [-0.4, -0.2) is 54.4 Å². The number of likely N-dealkylation sites (tertiary alicyclic amines) is 1. The van der Waals surface area contributed by atoms with E-state index in [0.717, 1.165) is 19.3 Å². The van der Waals surface area contributed by atoms with Crippen molar-refractivity contribution in [2.75, 3.05) is 26.2 Å². The minimum Gasteiger partial charge on any atom is -0.481 e. The van der Waals surface area contributed by atoms with E-state index in [1.165, 1.54) is 0 Å². The van der Waals surface area contributed by atoms with Gasteiger partial charge in [-0.2, -0.15) is 0 Å². The Balaban J connectivity index is 1.82. The molecule has 6 heteroatoms. The number of fused-ring (bicyclic) bond motifs is 1. The Labute approximate surface area is 138 Å². The van der Waals surface area contributed by atoms with Crippen molar-refractivity contribution in [1.29, 1.82) is 0 Å². The van der Waals surface area contributed by atoms with Gasteiger partial charge in [0, 0.05) is 26.2 Å². The molecular formula is C17H30N2O4. The predicted molar refractivity (Wildman–Crippen MR) is 87.3 cm³/mol. The quantitative estimate of drug-likeness (QED) is 0.752. The highest BCUT2D eigenvalue weighted by Gasteiger charge is 2.55. The number of urea groups is 1. The van der Waals surface area contributed by atoms with Crippen molar-refractivity contribution in [3.8, 4) is 0 Å². The molecule has 1 saturated heterocycles. The van der Waals surface area contributed by atoms with Gasteiger partial charge in [0.2, 0.25) is 0 Å². The molecule has 0 aromatic carbocycles. The number of hydrogen-bond acceptors (Lipinski definition) is 3. The van der Waals surface area contributed by atoms with Crippen LogP contribution in [0.2, 0.25) is 0 Å². The normalized spacial score (nSPS) is 28.0. The van der Waals surface area contributed by atoms with Gasteiger partial charge in [0.25, 0.3) is 0 Å². The molecule has 0 bridgehead atoms. The second-order valence-electron chi connectivity index (χ2n) is 7.19. The Morgan fingerprint density at radius 3 is 2.74 bits per heavy atom. The number of rotatable bonds is 7. The van der Waals surface area contributed by atoms with Gasteiger partial charge in [-0.05, 0) is 38.0 Å². The van der Waals surface area contributed by atoms with Crippen molar-refractivity contribution in [3.63, 3.8) is 0 Å². The summed E-state index contributed by atoms with van der Waals surface area (Å²) in [6, 6.07) is -0.140. The largest absolute Gasteiger partial charge is 0.481 e. The molecule has 3 atom stereocenters. The standard InChI is InChI=1S/C17H30N2O4/c1-4-23-14(12(2)3)7-9-18-16(22)19-10-13-6-5-8-17(13,11-19)15(20)21/h12-14H,4-11H2,1-3H3,(H,18,22)(H,20,21)/t13-,14?,17+/m0/s1. The van der Waals surface area contributed by atoms with Gasteiger partial charge in [-0.15, -0.1) is 0 Å². The van der Waals surface area contributed by atoms with Crippen molar-refractivity contribution in [2.24, 2.45) is 17.3 Å². The Morgan fingerprint density at radius 2 is 2.17 bits per heavy atom. The summed E-state index contributed by atoms with van der Waals surface area (Å²) >= 11 is 0. The van der Waals surface area contributed by atoms with E-state index < -0.39 is 11.4 Å². The molecule has 132 valence electrons. The Hall–Kier alpha value is -1.30. The molecule has 2 N–H and O–H groups in total. The van der Waals surface area contributed by atoms with Crippen molar-refractivity contribution < 1.29 is 19.4 Å². The number of carbonyl (C=O) groups is 2. The molecule has 2 aliphatic rings. The lowest BCUT2D eigenvalue weighted by Gasteiger charge is -2.24. The molecule has 23 heavy (non-hydrogen) atoms. The molecule has 1 aliphatic heterocycles. The predicted octanol–water partition coefficient (Wildman–Crippen LogP) is 2.33. The molecule has 1 heterocycles. The topological polar surface area (TPSA) is 78.9 Å². The second-order valence-corrected chi connectivity index (χ2v) is 7.19. The molecule has 0 aromatic rings. The van der Waals surface area contributed by atoms with Crippen LogP contribution in [0.1, 0.15) is 46.5 Å². The monoisotopic (exact) mass is 326 g/mol. The Morgan fingerprint density at radius 1 is 1.43 bits per heavy atom. The lowest BCUT2D eigenvalue weighted by molar-refractivity contribution is -0.149. The molecule has 2 rings (SSSR count). The van der Waals surface area contributed by atoms with Crippen LogP contribution in [0.4, 0.5) is 4.79 Å². The molecular weight excluding hydrogens is 296 g/mol. The molecule has 0 spiro atoms. The minimum absolute atomic E-state index is 0.109. The molecule has 2 amide bonds. The summed E-state index contributed by atoms with van der Waals surface area (Å²) in [5, 5.41) is 12.5. The van der Waals surface area contributed by atoms with Crippen molar-refractivity contribution in [3.05, 3.63) is 0 Å². The summed E-state index contributed by atoms with van der Waals surface area (Å²) < 4.78 is 5.68. The SMILES string of the molecule is CCOC(CCNC(=O)N1C[C@@H]2CCC[C@@]2(C(=O)O)C1)C(C)C. The van der Waals surface area contributed by atoms with Crippen molar-refractivity contribution in [2.45, 2.75) is 52.6 Å². The van der Waals surface area contributed by atoms with Crippen LogP contribution >= 0.6 is 0 Å². The van der Waals surface area contributed by atoms with Crippen molar-refractivity contribution >= 4 is 12.0 Å². The van der Waals surface area contributed by atoms with Crippen LogP contribution in [0, 0.1) is 17.3 Å². The number of nitrogens with zero attached hydrogens (tertiary/aromatic N) is 1. The van der Waals surface area contributed by atoms with E-state index in [2.05, 4.69) is 19.2 Å². The lowest BCUT2D eigenvalue weighted by Crippen LogP contribution is -2.42. The van der Waals surface area contributed by atoms with Crippen LogP contribution in [0.25, 0.3) is 0 Å². The Bertz CT molecular complexity index is 440. The van der Waals surface area contributed by atoms with Gasteiger partial charge in [0.15, 0.2) is 0 Å². The maximum absolute atomic E-state index is 12.3. The first-order chi connectivity index (χ1) is 10.9. The Kier molecular flexibility index (Phi) is 5.89. The zero-order valence-electron chi connectivity index (χ0n) is 14.5. The first-order valence-electron chi connectivity index (χ1n) is 8.78. The summed E-state index contributed by atoms with van der Waals surface area (Å²) in [4.78, 5) is 25.7. The fourth-order valence-corrected chi connectivity index (χ4v) is 4.05. The number of nitrogens with one attached hydrogen (secondary N) is 1. The zero-order chi connectivity index (χ0) is 17.0. The average molecular weight is 326 g/mol. The van der Waals surface area contributed by atoms with Crippen LogP contribution in [-0.2, 0) is 9.53 Å². The number of amides is 2. The molecule has 2 fully saturated rings. The van der Waals surface area contributed by atoms with Gasteiger partial charge in [0.05, 0.1) is 11.5 Å². The minimum atomic E-state index is -0.744. The summed E-state index contributed by atoms with van der Waals surface area (Å²) in [5.74, 6) is -0.225. The highest BCUT2D eigenvalue weighted by atomic mass is 16.5. The van der Waals surface area contributed by atoms with E-state index in [4.69, 9.17) is 4.74 Å². The molecule has 0 aromatic heterocycles. The third-order valence-corrected chi connectivity index (χ3v) is 5.41. The average Bonchev–Trinajstić information content (AvgIpc) is 3.03. The van der Waals surface area contributed by atoms with E-state index in [-0.39, 0.29) is 18.1 Å². The van der Waals surface area contributed by atoms with Gasteiger partial charge in [-0.25, -0.2) is 4.79 Å². The number of carboxylic acid groups (broad SMARTS) is 1. The maximum Gasteiger partial charge on any atom is 0.317 e. The number of aliphatic carboxylic acids is 1. The van der Waals surface area contributed by atoms with Crippen LogP contribution in [0.15, 0.2) is 0 Å². The van der Waals surface area contributed by atoms with Gasteiger partial charge in [0.1, 0.15) is 0 Å². The summed E-state index contributed by atoms with van der Waals surface area (Å²) in [5.41, 5.74) is -0.705. The molecule has 1 saturated carbocycles. The van der Waals surface area contributed by atoms with Gasteiger partial charge in [-0.3, -0.25) is 4.79 Å². The first kappa shape index (κ1) is 18.0. The van der Waals surface area contributed by atoms with Gasteiger partial charge in [-0.1, -0.05) is 20.3 Å². The molecule has 1 unspecified atom stereocenters. The van der Waals surface area contributed by atoms with Gasteiger partial charge < -0.3 is 20.1 Å². The van der Waals surface area contributed by atoms with Crippen molar-refractivity contribution in [1.82, 2.24) is 10.2 Å². The van der Waals surface area contributed by atoms with Crippen LogP contribution in [0.5, 0.6) is 0 Å². The number of carboxylic acids is 1. The maximum atomic E-state index is 12.3. The number of ether oxygens (including phenoxy) is 1. The highest BCUT2D eigenvalue weighted by Crippen LogP contribution is 2.48. The molecule has 0 radical (unpaired) electrons. The highest BCUT2D eigenvalue weighted by molar-refractivity contribution is 5.80. The number of hydrogen-bond donors (Lipinski definition) is 2. The van der Waals surface area contributed by atoms with Crippen LogP contribution in [0.3, 0.4) is 0 Å². The third-order valence-electron chi connectivity index (χ3n) is 5.41. The van der Waals surface area contributed by atoms with E-state index >= 15 is 0 Å². The number of carbonyl (C=O) groups excluding carboxylic acids is 1. The smallest absolute Gasteiger partial charge is 0.317 e. The second kappa shape index (κ2) is 7.51. The summed E-state index contributed by atoms with van der Waals surface area (Å²) in [7, 11) is 0. The van der Waals surface area contributed by atoms with Crippen LogP contribution < -0.4 is 5.32 Å². The van der Waals surface area contributed by atoms with E-state index in [1.807, 2.05) is 6.92 Å². The summed E-state index contributed by atoms with van der Waals surface area (Å²) in [6.45, 7) is 8.34. The van der Waals surface area contributed by atoms with E-state index in [1.54, 1.807) is 4.90 Å². The molecule has 1 aliphatic carbocycles. The lowest BCUT2D eigenvalue weighted by atomic mass is 9.81. The van der Waals surface area contributed by atoms with E-state index in [9.17, 15) is 14.7 Å². The van der Waals surface area contributed by atoms with Gasteiger partial charge >= 0.3 is 12.0 Å².